The van der Waals surface area contributed by atoms with E-state index in [0.717, 1.165) is 11.1 Å². The van der Waals surface area contributed by atoms with Crippen LogP contribution in [-0.2, 0) is 0 Å². The van der Waals surface area contributed by atoms with E-state index in [0.29, 0.717) is 7.14 Å². The minimum absolute atomic E-state index is 0.273. The van der Waals surface area contributed by atoms with Gasteiger partial charge in [0.2, 0.25) is 0 Å². The number of aromatic hydroxyl groups is 2. The molecule has 1 aromatic rings. The van der Waals surface area contributed by atoms with Gasteiger partial charge in [-0.25, -0.2) is 0 Å². The fraction of sp³-hybridized carbons (Fsp3) is 0.250. The van der Waals surface area contributed by atoms with Crippen LogP contribution in [0.2, 0.25) is 0 Å². The third-order valence-corrected chi connectivity index (χ3v) is 5.01. The lowest BCUT2D eigenvalue weighted by Gasteiger charge is -2.10. The van der Waals surface area contributed by atoms with Crippen LogP contribution >= 0.6 is 45.2 Å². The van der Waals surface area contributed by atoms with Gasteiger partial charge in [0.15, 0.2) is 0 Å². The molecule has 0 unspecified atom stereocenters. The largest absolute Gasteiger partial charge is 0.507 e. The predicted octanol–water partition coefficient (Wildman–Crippen LogP) is 2.92. The van der Waals surface area contributed by atoms with Gasteiger partial charge in [-0.2, -0.15) is 0 Å². The van der Waals surface area contributed by atoms with Gasteiger partial charge in [0.05, 0.1) is 7.14 Å². The van der Waals surface area contributed by atoms with Crippen molar-refractivity contribution in [2.24, 2.45) is 0 Å². The van der Waals surface area contributed by atoms with Crippen LogP contribution in [-0.4, -0.2) is 10.2 Å². The number of hydrogen-bond acceptors (Lipinski definition) is 2. The molecule has 0 bridgehead atoms. The zero-order chi connectivity index (χ0) is 9.46. The van der Waals surface area contributed by atoms with Crippen molar-refractivity contribution in [3.8, 4) is 11.5 Å². The van der Waals surface area contributed by atoms with Gasteiger partial charge in [0.1, 0.15) is 11.5 Å². The first-order chi connectivity index (χ1) is 5.46. The topological polar surface area (TPSA) is 40.5 Å². The molecule has 0 aliphatic rings. The Morgan fingerprint density at radius 1 is 0.833 bits per heavy atom. The molecule has 0 amide bonds. The second-order valence-electron chi connectivity index (χ2n) is 2.58. The molecule has 0 saturated carbocycles. The van der Waals surface area contributed by atoms with Crippen LogP contribution in [0.4, 0.5) is 0 Å². The monoisotopic (exact) mass is 390 g/mol. The summed E-state index contributed by atoms with van der Waals surface area (Å²) in [5.41, 5.74) is 1.50. The first-order valence-corrected chi connectivity index (χ1v) is 5.48. The van der Waals surface area contributed by atoms with Gasteiger partial charge in [-0.3, -0.25) is 0 Å². The van der Waals surface area contributed by atoms with Gasteiger partial charge in [-0.1, -0.05) is 0 Å². The fourth-order valence-electron chi connectivity index (χ4n) is 0.892. The van der Waals surface area contributed by atoms with E-state index < -0.39 is 0 Å². The highest BCUT2D eigenvalue weighted by Gasteiger charge is 2.14. The van der Waals surface area contributed by atoms with E-state index in [2.05, 4.69) is 0 Å². The Morgan fingerprint density at radius 2 is 1.08 bits per heavy atom. The number of phenolic OH excluding ortho intramolecular Hbond substituents is 2. The maximum atomic E-state index is 9.57. The summed E-state index contributed by atoms with van der Waals surface area (Å²) in [4.78, 5) is 0. The summed E-state index contributed by atoms with van der Waals surface area (Å²) < 4.78 is 1.43. The Bertz CT molecular complexity index is 229. The molecule has 0 spiro atoms. The zero-order valence-corrected chi connectivity index (χ0v) is 11.0. The number of halogens is 2. The lowest BCUT2D eigenvalue weighted by Crippen LogP contribution is -1.91. The van der Waals surface area contributed by atoms with Crippen LogP contribution in [0.25, 0.3) is 0 Å². The van der Waals surface area contributed by atoms with E-state index in [1.165, 1.54) is 0 Å². The van der Waals surface area contributed by atoms with Crippen LogP contribution < -0.4 is 0 Å². The number of phenols is 2. The highest BCUT2D eigenvalue weighted by atomic mass is 127. The Balaban J connectivity index is 3.60. The van der Waals surface area contributed by atoms with Gasteiger partial charge in [-0.15, -0.1) is 0 Å². The Labute approximate surface area is 98.3 Å². The van der Waals surface area contributed by atoms with Crippen molar-refractivity contribution in [3.05, 3.63) is 18.3 Å². The standard InChI is InChI=1S/C8H8I2O2/c1-3-4(2)8(12)6(10)5(9)7(3)11/h11-12H,1-2H3. The van der Waals surface area contributed by atoms with Gasteiger partial charge in [0, 0.05) is 0 Å². The summed E-state index contributed by atoms with van der Waals surface area (Å²) >= 11 is 4.04. The van der Waals surface area contributed by atoms with Gasteiger partial charge >= 0.3 is 0 Å². The molecule has 0 saturated heterocycles. The van der Waals surface area contributed by atoms with Gasteiger partial charge < -0.3 is 10.2 Å². The molecular weight excluding hydrogens is 382 g/mol. The lowest BCUT2D eigenvalue weighted by atomic mass is 10.1. The first kappa shape index (κ1) is 10.4. The molecule has 2 N–H and O–H groups in total. The van der Waals surface area contributed by atoms with Crippen molar-refractivity contribution in [2.45, 2.75) is 13.8 Å². The Hall–Kier alpha value is 0.280. The van der Waals surface area contributed by atoms with E-state index in [4.69, 9.17) is 0 Å². The molecule has 1 rings (SSSR count). The summed E-state index contributed by atoms with van der Waals surface area (Å²) in [7, 11) is 0. The van der Waals surface area contributed by atoms with Crippen molar-refractivity contribution in [3.63, 3.8) is 0 Å². The molecule has 0 radical (unpaired) electrons. The van der Waals surface area contributed by atoms with Crippen LogP contribution in [0.1, 0.15) is 11.1 Å². The molecule has 66 valence electrons. The van der Waals surface area contributed by atoms with E-state index in [9.17, 15) is 10.2 Å². The molecule has 12 heavy (non-hydrogen) atoms. The normalized spacial score (nSPS) is 10.3. The number of rotatable bonds is 0. The predicted molar refractivity (Wildman–Crippen MR) is 64.7 cm³/mol. The molecule has 0 fully saturated rings. The van der Waals surface area contributed by atoms with Crippen LogP contribution in [0.5, 0.6) is 11.5 Å². The minimum Gasteiger partial charge on any atom is -0.507 e. The average Bonchev–Trinajstić information content (AvgIpc) is 2.08. The highest BCUT2D eigenvalue weighted by Crippen LogP contribution is 2.37. The van der Waals surface area contributed by atoms with E-state index >= 15 is 0 Å². The molecule has 0 aromatic heterocycles. The van der Waals surface area contributed by atoms with Crippen LogP contribution in [0.15, 0.2) is 0 Å². The summed E-state index contributed by atoms with van der Waals surface area (Å²) in [6, 6.07) is 0. The van der Waals surface area contributed by atoms with Crippen molar-refractivity contribution in [1.29, 1.82) is 0 Å². The first-order valence-electron chi connectivity index (χ1n) is 3.33. The minimum atomic E-state index is 0.273. The second kappa shape index (κ2) is 3.57. The van der Waals surface area contributed by atoms with Crippen LogP contribution in [0.3, 0.4) is 0 Å². The van der Waals surface area contributed by atoms with E-state index in [1.54, 1.807) is 13.8 Å². The van der Waals surface area contributed by atoms with E-state index in [-0.39, 0.29) is 11.5 Å². The summed E-state index contributed by atoms with van der Waals surface area (Å²) in [5, 5.41) is 19.1. The smallest absolute Gasteiger partial charge is 0.133 e. The molecule has 1 aromatic carbocycles. The molecule has 0 heterocycles. The van der Waals surface area contributed by atoms with Crippen molar-refractivity contribution < 1.29 is 10.2 Å². The second-order valence-corrected chi connectivity index (χ2v) is 4.73. The average molecular weight is 390 g/mol. The lowest BCUT2D eigenvalue weighted by molar-refractivity contribution is 0.446. The van der Waals surface area contributed by atoms with Crippen LogP contribution in [0, 0.1) is 21.0 Å². The molecule has 2 nitrogen and oxygen atoms in total. The molecule has 0 aliphatic heterocycles. The molecule has 4 heteroatoms. The summed E-state index contributed by atoms with van der Waals surface area (Å²) in [6.07, 6.45) is 0. The van der Waals surface area contributed by atoms with Gasteiger partial charge in [0.25, 0.3) is 0 Å². The third kappa shape index (κ3) is 1.50. The van der Waals surface area contributed by atoms with Crippen molar-refractivity contribution in [2.75, 3.05) is 0 Å². The number of hydrogen-bond donors (Lipinski definition) is 2. The number of benzene rings is 1. The molecular formula is C8H8I2O2. The van der Waals surface area contributed by atoms with Gasteiger partial charge in [-0.05, 0) is 70.2 Å². The summed E-state index contributed by atoms with van der Waals surface area (Å²) in [6.45, 7) is 3.59. The molecule has 0 atom stereocenters. The van der Waals surface area contributed by atoms with E-state index in [1.807, 2.05) is 45.2 Å². The molecule has 0 aliphatic carbocycles. The fourth-order valence-corrected chi connectivity index (χ4v) is 2.21. The Kier molecular flexibility index (Phi) is 3.08. The maximum absolute atomic E-state index is 9.57. The third-order valence-electron chi connectivity index (χ3n) is 1.88. The SMILES string of the molecule is Cc1c(C)c(O)c(I)c(I)c1O. The summed E-state index contributed by atoms with van der Waals surface area (Å²) in [5.74, 6) is 0.547. The quantitative estimate of drug-likeness (QED) is 0.529. The zero-order valence-electron chi connectivity index (χ0n) is 6.65. The Morgan fingerprint density at radius 3 is 1.33 bits per heavy atom. The van der Waals surface area contributed by atoms with Crippen molar-refractivity contribution >= 4 is 45.2 Å². The van der Waals surface area contributed by atoms with Crippen molar-refractivity contribution in [1.82, 2.24) is 0 Å². The highest BCUT2D eigenvalue weighted by molar-refractivity contribution is 14.1. The maximum Gasteiger partial charge on any atom is 0.133 e.